The first-order valence-electron chi connectivity index (χ1n) is 7.88. The van der Waals surface area contributed by atoms with E-state index >= 15 is 0 Å². The number of nitrogens with one attached hydrogen (secondary N) is 1. The number of hydrogen-bond acceptors (Lipinski definition) is 4. The third-order valence-electron chi connectivity index (χ3n) is 4.16. The predicted molar refractivity (Wildman–Crippen MR) is 78.1 cm³/mol. The van der Waals surface area contributed by atoms with Gasteiger partial charge in [-0.1, -0.05) is 13.3 Å². The van der Waals surface area contributed by atoms with Crippen molar-refractivity contribution in [2.24, 2.45) is 0 Å². The summed E-state index contributed by atoms with van der Waals surface area (Å²) in [6, 6.07) is 2.94. The highest BCUT2D eigenvalue weighted by molar-refractivity contribution is 5.76. The topological polar surface area (TPSA) is 59.4 Å². The molecule has 0 aromatic heterocycles. The lowest BCUT2D eigenvalue weighted by Gasteiger charge is -2.36. The maximum atomic E-state index is 11.6. The maximum absolute atomic E-state index is 11.6. The van der Waals surface area contributed by atoms with Crippen LogP contribution in [0.1, 0.15) is 39.0 Å². The SMILES string of the molecule is CCCC(C#N)N1CCN(CCC(=O)NC2CC2)CC1. The molecule has 1 unspecified atom stereocenters. The summed E-state index contributed by atoms with van der Waals surface area (Å²) >= 11 is 0. The van der Waals surface area contributed by atoms with E-state index in [0.29, 0.717) is 12.5 Å². The normalized spacial score (nSPS) is 22.2. The Morgan fingerprint density at radius 2 is 2.05 bits per heavy atom. The number of piperazine rings is 1. The molecule has 0 aromatic carbocycles. The Kier molecular flexibility index (Phi) is 5.81. The lowest BCUT2D eigenvalue weighted by Crippen LogP contribution is -2.50. The third kappa shape index (κ3) is 4.77. The van der Waals surface area contributed by atoms with E-state index in [1.54, 1.807) is 0 Å². The standard InChI is InChI=1S/C15H26N4O/c1-2-3-14(12-16)19-10-8-18(9-11-19)7-6-15(20)17-13-4-5-13/h13-14H,2-11H2,1H3,(H,17,20). The van der Waals surface area contributed by atoms with Crippen LogP contribution in [-0.4, -0.2) is 60.5 Å². The quantitative estimate of drug-likeness (QED) is 0.754. The largest absolute Gasteiger partial charge is 0.353 e. The number of amides is 1. The van der Waals surface area contributed by atoms with E-state index in [2.05, 4.69) is 28.1 Å². The Labute approximate surface area is 121 Å². The van der Waals surface area contributed by atoms with Crippen molar-refractivity contribution in [3.63, 3.8) is 0 Å². The molecule has 1 N–H and O–H groups in total. The van der Waals surface area contributed by atoms with E-state index < -0.39 is 0 Å². The van der Waals surface area contributed by atoms with Crippen molar-refractivity contribution >= 4 is 5.91 Å². The van der Waals surface area contributed by atoms with Crippen LogP contribution in [-0.2, 0) is 4.79 Å². The zero-order valence-electron chi connectivity index (χ0n) is 12.5. The zero-order chi connectivity index (χ0) is 14.4. The summed E-state index contributed by atoms with van der Waals surface area (Å²) in [6.45, 7) is 6.80. The first-order valence-corrected chi connectivity index (χ1v) is 7.88. The molecule has 1 atom stereocenters. The lowest BCUT2D eigenvalue weighted by molar-refractivity contribution is -0.121. The second-order valence-electron chi connectivity index (χ2n) is 5.90. The first-order chi connectivity index (χ1) is 9.72. The molecule has 1 saturated heterocycles. The minimum Gasteiger partial charge on any atom is -0.353 e. The van der Waals surface area contributed by atoms with Gasteiger partial charge >= 0.3 is 0 Å². The van der Waals surface area contributed by atoms with Gasteiger partial charge in [-0.3, -0.25) is 9.69 Å². The Hall–Kier alpha value is -1.12. The van der Waals surface area contributed by atoms with Crippen LogP contribution < -0.4 is 5.32 Å². The van der Waals surface area contributed by atoms with Crippen molar-refractivity contribution in [1.29, 1.82) is 5.26 Å². The summed E-state index contributed by atoms with van der Waals surface area (Å²) in [6.07, 6.45) is 4.92. The first kappa shape index (κ1) is 15.3. The highest BCUT2D eigenvalue weighted by Crippen LogP contribution is 2.18. The van der Waals surface area contributed by atoms with Crippen molar-refractivity contribution in [2.45, 2.75) is 51.1 Å². The zero-order valence-corrected chi connectivity index (χ0v) is 12.5. The molecule has 0 bridgehead atoms. The molecule has 112 valence electrons. The van der Waals surface area contributed by atoms with Crippen LogP contribution in [0.15, 0.2) is 0 Å². The van der Waals surface area contributed by atoms with Gasteiger partial charge in [-0.05, 0) is 19.3 Å². The lowest BCUT2D eigenvalue weighted by atomic mass is 10.1. The second-order valence-corrected chi connectivity index (χ2v) is 5.90. The molecule has 20 heavy (non-hydrogen) atoms. The summed E-state index contributed by atoms with van der Waals surface area (Å²) in [7, 11) is 0. The maximum Gasteiger partial charge on any atom is 0.221 e. The van der Waals surface area contributed by atoms with Gasteiger partial charge in [0, 0.05) is 45.2 Å². The van der Waals surface area contributed by atoms with Gasteiger partial charge in [0.05, 0.1) is 12.1 Å². The van der Waals surface area contributed by atoms with Gasteiger partial charge in [0.25, 0.3) is 0 Å². The highest BCUT2D eigenvalue weighted by Gasteiger charge is 2.25. The van der Waals surface area contributed by atoms with Crippen LogP contribution in [0.25, 0.3) is 0 Å². The van der Waals surface area contributed by atoms with Gasteiger partial charge in [0.15, 0.2) is 0 Å². The Morgan fingerprint density at radius 3 is 2.60 bits per heavy atom. The third-order valence-corrected chi connectivity index (χ3v) is 4.16. The summed E-state index contributed by atoms with van der Waals surface area (Å²) < 4.78 is 0. The fourth-order valence-corrected chi connectivity index (χ4v) is 2.69. The summed E-state index contributed by atoms with van der Waals surface area (Å²) in [5, 5.41) is 12.2. The smallest absolute Gasteiger partial charge is 0.221 e. The van der Waals surface area contributed by atoms with Crippen molar-refractivity contribution in [1.82, 2.24) is 15.1 Å². The highest BCUT2D eigenvalue weighted by atomic mass is 16.1. The van der Waals surface area contributed by atoms with E-state index in [4.69, 9.17) is 0 Å². The monoisotopic (exact) mass is 278 g/mol. The van der Waals surface area contributed by atoms with Gasteiger partial charge < -0.3 is 10.2 Å². The van der Waals surface area contributed by atoms with Gasteiger partial charge in [-0.2, -0.15) is 5.26 Å². The molecule has 1 aliphatic carbocycles. The van der Waals surface area contributed by atoms with E-state index in [0.717, 1.165) is 58.4 Å². The number of carbonyl (C=O) groups excluding carboxylic acids is 1. The second kappa shape index (κ2) is 7.61. The van der Waals surface area contributed by atoms with Crippen LogP contribution in [0.4, 0.5) is 0 Å². The fraction of sp³-hybridized carbons (Fsp3) is 0.867. The minimum atomic E-state index is 0.0697. The van der Waals surface area contributed by atoms with Gasteiger partial charge in [0.2, 0.25) is 5.91 Å². The number of carbonyl (C=O) groups is 1. The molecule has 2 rings (SSSR count). The molecule has 0 aromatic rings. The molecule has 1 aliphatic heterocycles. The van der Waals surface area contributed by atoms with Gasteiger partial charge in [-0.25, -0.2) is 0 Å². The van der Waals surface area contributed by atoms with Crippen LogP contribution >= 0.6 is 0 Å². The van der Waals surface area contributed by atoms with Crippen LogP contribution in [0.5, 0.6) is 0 Å². The average Bonchev–Trinajstić information content (AvgIpc) is 3.27. The van der Waals surface area contributed by atoms with E-state index in [1.165, 1.54) is 0 Å². The van der Waals surface area contributed by atoms with E-state index in [9.17, 15) is 10.1 Å². The van der Waals surface area contributed by atoms with Crippen LogP contribution in [0.3, 0.4) is 0 Å². The Balaban J connectivity index is 1.63. The molecular weight excluding hydrogens is 252 g/mol. The van der Waals surface area contributed by atoms with Gasteiger partial charge in [0.1, 0.15) is 0 Å². The van der Waals surface area contributed by atoms with Crippen LogP contribution in [0, 0.1) is 11.3 Å². The Bertz CT molecular complexity index is 353. The van der Waals surface area contributed by atoms with Crippen molar-refractivity contribution in [3.05, 3.63) is 0 Å². The summed E-state index contributed by atoms with van der Waals surface area (Å²) in [5.74, 6) is 0.191. The summed E-state index contributed by atoms with van der Waals surface area (Å²) in [5.41, 5.74) is 0. The summed E-state index contributed by atoms with van der Waals surface area (Å²) in [4.78, 5) is 16.3. The van der Waals surface area contributed by atoms with E-state index in [-0.39, 0.29) is 11.9 Å². The fourth-order valence-electron chi connectivity index (χ4n) is 2.69. The predicted octanol–water partition coefficient (Wildman–Crippen LogP) is 0.965. The molecule has 5 nitrogen and oxygen atoms in total. The van der Waals surface area contributed by atoms with Crippen LogP contribution in [0.2, 0.25) is 0 Å². The molecule has 1 heterocycles. The van der Waals surface area contributed by atoms with E-state index in [1.807, 2.05) is 0 Å². The molecule has 0 spiro atoms. The molecule has 0 radical (unpaired) electrons. The van der Waals surface area contributed by atoms with Crippen molar-refractivity contribution < 1.29 is 4.79 Å². The van der Waals surface area contributed by atoms with Crippen molar-refractivity contribution in [3.8, 4) is 6.07 Å². The van der Waals surface area contributed by atoms with Crippen molar-refractivity contribution in [2.75, 3.05) is 32.7 Å². The average molecular weight is 278 g/mol. The molecule has 1 amide bonds. The minimum absolute atomic E-state index is 0.0697. The molecule has 2 aliphatic rings. The molecular formula is C15H26N4O. The Morgan fingerprint density at radius 1 is 1.35 bits per heavy atom. The number of nitriles is 1. The number of rotatable bonds is 7. The molecule has 1 saturated carbocycles. The number of nitrogens with zero attached hydrogens (tertiary/aromatic N) is 3. The van der Waals surface area contributed by atoms with Gasteiger partial charge in [-0.15, -0.1) is 0 Å². The number of hydrogen-bond donors (Lipinski definition) is 1. The molecule has 5 heteroatoms. The molecule has 2 fully saturated rings.